The predicted octanol–water partition coefficient (Wildman–Crippen LogP) is 1.89. The summed E-state index contributed by atoms with van der Waals surface area (Å²) in [4.78, 5) is 12.3. The Hall–Kier alpha value is -2.15. The molecule has 12 heteroatoms. The lowest BCUT2D eigenvalue weighted by molar-refractivity contribution is -0.119. The molecule has 0 aliphatic rings. The van der Waals surface area contributed by atoms with Gasteiger partial charge in [0.15, 0.2) is 0 Å². The zero-order chi connectivity index (χ0) is 23.9. The van der Waals surface area contributed by atoms with Crippen molar-refractivity contribution in [3.63, 3.8) is 0 Å². The maximum atomic E-state index is 13.6. The van der Waals surface area contributed by atoms with Gasteiger partial charge >= 0.3 is 0 Å². The minimum atomic E-state index is -3.79. The predicted molar refractivity (Wildman–Crippen MR) is 125 cm³/mol. The van der Waals surface area contributed by atoms with Gasteiger partial charge in [0.05, 0.1) is 16.8 Å². The van der Waals surface area contributed by atoms with Gasteiger partial charge in [0.25, 0.3) is 0 Å². The number of benzene rings is 2. The summed E-state index contributed by atoms with van der Waals surface area (Å²) in [6.45, 7) is -0.161. The Bertz CT molecular complexity index is 1140. The molecule has 8 nitrogen and oxygen atoms in total. The van der Waals surface area contributed by atoms with E-state index in [1.807, 2.05) is 0 Å². The summed E-state index contributed by atoms with van der Waals surface area (Å²) in [6, 6.07) is 11.7. The van der Waals surface area contributed by atoms with Crippen molar-refractivity contribution >= 4 is 43.4 Å². The van der Waals surface area contributed by atoms with Crippen molar-refractivity contribution in [1.82, 2.24) is 9.62 Å². The van der Waals surface area contributed by atoms with Crippen molar-refractivity contribution in [2.24, 2.45) is 0 Å². The van der Waals surface area contributed by atoms with Crippen LogP contribution in [0.2, 0.25) is 0 Å². The number of sulfonamides is 2. The lowest BCUT2D eigenvalue weighted by atomic mass is 10.2. The number of carbonyl (C=O) groups excluding carboxylic acids is 1. The molecule has 0 bridgehead atoms. The second kappa shape index (κ2) is 11.1. The lowest BCUT2D eigenvalue weighted by Crippen LogP contribution is -2.41. The minimum absolute atomic E-state index is 0.0102. The summed E-state index contributed by atoms with van der Waals surface area (Å²) >= 11 is 1.44. The maximum Gasteiger partial charge on any atom is 0.242 e. The Kier molecular flexibility index (Phi) is 9.08. The van der Waals surface area contributed by atoms with E-state index < -0.39 is 32.5 Å². The quantitative estimate of drug-likeness (QED) is 0.470. The standard InChI is InChI=1S/C20H26FN3O5S3/c1-23(2)32(28,29)18-10-8-17(9-11-18)24(31(3,26)27)14-20(25)22-12-13-30-15-16-6-4-5-7-19(16)21/h4-11H,12-15H2,1-3H3,(H,22,25). The fourth-order valence-electron chi connectivity index (χ4n) is 2.64. The largest absolute Gasteiger partial charge is 0.354 e. The zero-order valence-corrected chi connectivity index (χ0v) is 20.4. The van der Waals surface area contributed by atoms with Crippen LogP contribution in [-0.4, -0.2) is 66.2 Å². The molecule has 0 unspecified atom stereocenters. The maximum absolute atomic E-state index is 13.6. The van der Waals surface area contributed by atoms with Crippen molar-refractivity contribution in [3.8, 4) is 0 Å². The molecule has 0 fully saturated rings. The normalized spacial score (nSPS) is 12.0. The number of carbonyl (C=O) groups is 1. The Labute approximate surface area is 192 Å². The lowest BCUT2D eigenvalue weighted by Gasteiger charge is -2.22. The van der Waals surface area contributed by atoms with Crippen LogP contribution in [0.3, 0.4) is 0 Å². The van der Waals surface area contributed by atoms with Crippen molar-refractivity contribution in [2.75, 3.05) is 43.5 Å². The molecule has 2 aromatic rings. The van der Waals surface area contributed by atoms with Gasteiger partial charge in [-0.05, 0) is 35.9 Å². The highest BCUT2D eigenvalue weighted by Gasteiger charge is 2.22. The summed E-state index contributed by atoms with van der Waals surface area (Å²) in [5.41, 5.74) is 0.751. The molecule has 0 atom stereocenters. The first-order chi connectivity index (χ1) is 14.9. The molecule has 0 aliphatic carbocycles. The van der Waals surface area contributed by atoms with E-state index in [0.29, 0.717) is 17.1 Å². The van der Waals surface area contributed by atoms with Crippen LogP contribution in [0.15, 0.2) is 53.4 Å². The van der Waals surface area contributed by atoms with E-state index in [2.05, 4.69) is 5.32 Å². The van der Waals surface area contributed by atoms with Crippen LogP contribution >= 0.6 is 11.8 Å². The van der Waals surface area contributed by atoms with Crippen LogP contribution in [0.4, 0.5) is 10.1 Å². The molecule has 2 rings (SSSR count). The summed E-state index contributed by atoms with van der Waals surface area (Å²) in [7, 11) is -4.66. The summed E-state index contributed by atoms with van der Waals surface area (Å²) in [6.07, 6.45) is 0.967. The Morgan fingerprint density at radius 3 is 2.22 bits per heavy atom. The number of halogens is 1. The van der Waals surface area contributed by atoms with E-state index in [4.69, 9.17) is 0 Å². The highest BCUT2D eigenvalue weighted by Crippen LogP contribution is 2.21. The highest BCUT2D eigenvalue weighted by molar-refractivity contribution is 7.98. The Morgan fingerprint density at radius 2 is 1.66 bits per heavy atom. The van der Waals surface area contributed by atoms with E-state index in [1.165, 1.54) is 56.2 Å². The van der Waals surface area contributed by atoms with Gasteiger partial charge in [-0.2, -0.15) is 11.8 Å². The van der Waals surface area contributed by atoms with Crippen molar-refractivity contribution in [3.05, 3.63) is 59.9 Å². The van der Waals surface area contributed by atoms with Gasteiger partial charge in [0.1, 0.15) is 12.4 Å². The van der Waals surface area contributed by atoms with Crippen LogP contribution in [0.25, 0.3) is 0 Å². The van der Waals surface area contributed by atoms with Crippen molar-refractivity contribution in [2.45, 2.75) is 10.6 Å². The molecule has 0 saturated heterocycles. The first-order valence-corrected chi connectivity index (χ1v) is 14.0. The average Bonchev–Trinajstić information content (AvgIpc) is 2.72. The van der Waals surface area contributed by atoms with Gasteiger partial charge < -0.3 is 5.32 Å². The van der Waals surface area contributed by atoms with Crippen molar-refractivity contribution < 1.29 is 26.0 Å². The van der Waals surface area contributed by atoms with Crippen LogP contribution in [0.1, 0.15) is 5.56 Å². The average molecular weight is 504 g/mol. The highest BCUT2D eigenvalue weighted by atomic mass is 32.2. The fourth-order valence-corrected chi connectivity index (χ4v) is 5.24. The molecular weight excluding hydrogens is 477 g/mol. The molecule has 0 aromatic heterocycles. The van der Waals surface area contributed by atoms with E-state index >= 15 is 0 Å². The topological polar surface area (TPSA) is 104 Å². The van der Waals surface area contributed by atoms with Crippen LogP contribution < -0.4 is 9.62 Å². The third-order valence-electron chi connectivity index (χ3n) is 4.37. The summed E-state index contributed by atoms with van der Waals surface area (Å²) in [5.74, 6) is 0.195. The number of nitrogens with zero attached hydrogens (tertiary/aromatic N) is 2. The number of thioether (sulfide) groups is 1. The number of rotatable bonds is 11. The van der Waals surface area contributed by atoms with Gasteiger partial charge in [0.2, 0.25) is 26.0 Å². The number of nitrogens with one attached hydrogen (secondary N) is 1. The van der Waals surface area contributed by atoms with Crippen LogP contribution in [0.5, 0.6) is 0 Å². The Balaban J connectivity index is 1.95. The van der Waals surface area contributed by atoms with Gasteiger partial charge in [-0.1, -0.05) is 18.2 Å². The molecule has 176 valence electrons. The van der Waals surface area contributed by atoms with E-state index in [9.17, 15) is 26.0 Å². The Morgan fingerprint density at radius 1 is 1.03 bits per heavy atom. The number of hydrogen-bond acceptors (Lipinski definition) is 6. The van der Waals surface area contributed by atoms with Gasteiger partial charge in [0, 0.05) is 32.1 Å². The summed E-state index contributed by atoms with van der Waals surface area (Å²) < 4.78 is 64.3. The molecular formula is C20H26FN3O5S3. The third kappa shape index (κ3) is 7.19. The minimum Gasteiger partial charge on any atom is -0.354 e. The molecule has 2 aromatic carbocycles. The number of anilines is 1. The second-order valence-electron chi connectivity index (χ2n) is 7.04. The molecule has 1 N–H and O–H groups in total. The van der Waals surface area contributed by atoms with Gasteiger partial charge in [-0.3, -0.25) is 9.10 Å². The first-order valence-electron chi connectivity index (χ1n) is 9.51. The fraction of sp³-hybridized carbons (Fsp3) is 0.350. The molecule has 0 aliphatic heterocycles. The van der Waals surface area contributed by atoms with Gasteiger partial charge in [-0.25, -0.2) is 25.5 Å². The molecule has 1 amide bonds. The van der Waals surface area contributed by atoms with E-state index in [1.54, 1.807) is 18.2 Å². The summed E-state index contributed by atoms with van der Waals surface area (Å²) in [5, 5.41) is 2.64. The monoisotopic (exact) mass is 503 g/mol. The molecule has 0 spiro atoms. The molecule has 0 radical (unpaired) electrons. The van der Waals surface area contributed by atoms with E-state index in [-0.39, 0.29) is 22.9 Å². The van der Waals surface area contributed by atoms with Crippen LogP contribution in [0, 0.1) is 5.82 Å². The third-order valence-corrected chi connectivity index (χ3v) is 8.35. The van der Waals surface area contributed by atoms with Crippen molar-refractivity contribution in [1.29, 1.82) is 0 Å². The zero-order valence-electron chi connectivity index (χ0n) is 18.0. The molecule has 0 heterocycles. The number of hydrogen-bond donors (Lipinski definition) is 1. The number of amides is 1. The second-order valence-corrected chi connectivity index (χ2v) is 12.2. The van der Waals surface area contributed by atoms with Crippen LogP contribution in [-0.2, 0) is 30.6 Å². The SMILES string of the molecule is CN(C)S(=O)(=O)c1ccc(N(CC(=O)NCCSCc2ccccc2F)S(C)(=O)=O)cc1. The smallest absolute Gasteiger partial charge is 0.242 e. The van der Waals surface area contributed by atoms with E-state index in [0.717, 1.165) is 14.9 Å². The molecule has 32 heavy (non-hydrogen) atoms. The molecule has 0 saturated carbocycles. The van der Waals surface area contributed by atoms with Gasteiger partial charge in [-0.15, -0.1) is 0 Å². The first kappa shape index (κ1) is 26.1.